The van der Waals surface area contributed by atoms with Crippen LogP contribution in [0.15, 0.2) is 6.20 Å². The van der Waals surface area contributed by atoms with E-state index in [1.165, 1.54) is 0 Å². The molecule has 0 bridgehead atoms. The molecule has 0 aromatic carbocycles. The van der Waals surface area contributed by atoms with Gasteiger partial charge in [0.25, 0.3) is 0 Å². The number of likely N-dealkylation sites (tertiary alicyclic amines) is 1. The fourth-order valence-electron chi connectivity index (χ4n) is 2.69. The summed E-state index contributed by atoms with van der Waals surface area (Å²) < 4.78 is 0. The number of rotatable bonds is 6. The number of hydrogen-bond donors (Lipinski definition) is 2. The highest BCUT2D eigenvalue weighted by atomic mass is 16.2. The zero-order valence-electron chi connectivity index (χ0n) is 12.4. The molecule has 1 aromatic rings. The van der Waals surface area contributed by atoms with E-state index in [-0.39, 0.29) is 5.91 Å². The minimum atomic E-state index is 0.275. The standard InChI is InChI=1S/C14H25N5O/c1-11(2)16-12-6-8-19(9-7-12)14(20)5-3-4-13-10-15-18-17-13/h10-12,16H,3-9H2,1-2H3,(H,15,17,18). The van der Waals surface area contributed by atoms with Gasteiger partial charge < -0.3 is 10.2 Å². The third-order valence-electron chi connectivity index (χ3n) is 3.71. The number of hydrogen-bond acceptors (Lipinski definition) is 4. The number of nitrogens with zero attached hydrogens (tertiary/aromatic N) is 3. The number of piperidine rings is 1. The van der Waals surface area contributed by atoms with Gasteiger partial charge in [-0.05, 0) is 25.7 Å². The van der Waals surface area contributed by atoms with Crippen LogP contribution in [0.2, 0.25) is 0 Å². The summed E-state index contributed by atoms with van der Waals surface area (Å²) in [6, 6.07) is 1.08. The molecule has 6 heteroatoms. The molecule has 2 heterocycles. The minimum Gasteiger partial charge on any atom is -0.343 e. The van der Waals surface area contributed by atoms with Gasteiger partial charge in [0, 0.05) is 31.6 Å². The van der Waals surface area contributed by atoms with Crippen LogP contribution in [0, 0.1) is 0 Å². The van der Waals surface area contributed by atoms with E-state index < -0.39 is 0 Å². The summed E-state index contributed by atoms with van der Waals surface area (Å²) >= 11 is 0. The van der Waals surface area contributed by atoms with Crippen LogP contribution in [0.4, 0.5) is 0 Å². The van der Waals surface area contributed by atoms with E-state index >= 15 is 0 Å². The number of aromatic amines is 1. The molecule has 6 nitrogen and oxygen atoms in total. The Morgan fingerprint density at radius 3 is 2.85 bits per heavy atom. The number of H-pyrrole nitrogens is 1. The molecule has 0 spiro atoms. The van der Waals surface area contributed by atoms with Crippen molar-refractivity contribution >= 4 is 5.91 Å². The van der Waals surface area contributed by atoms with Gasteiger partial charge in [-0.15, -0.1) is 0 Å². The molecule has 20 heavy (non-hydrogen) atoms. The number of carbonyl (C=O) groups excluding carboxylic acids is 1. The first-order valence-electron chi connectivity index (χ1n) is 7.53. The molecule has 0 saturated carbocycles. The van der Waals surface area contributed by atoms with E-state index in [2.05, 4.69) is 34.6 Å². The van der Waals surface area contributed by atoms with Crippen molar-refractivity contribution in [2.75, 3.05) is 13.1 Å². The Morgan fingerprint density at radius 1 is 1.50 bits per heavy atom. The van der Waals surface area contributed by atoms with Crippen LogP contribution in [0.1, 0.15) is 45.2 Å². The zero-order valence-corrected chi connectivity index (χ0v) is 12.4. The van der Waals surface area contributed by atoms with Crippen molar-refractivity contribution in [1.82, 2.24) is 25.6 Å². The molecule has 0 aliphatic carbocycles. The van der Waals surface area contributed by atoms with Gasteiger partial charge in [-0.1, -0.05) is 13.8 Å². The number of amides is 1. The summed E-state index contributed by atoms with van der Waals surface area (Å²) in [5, 5.41) is 13.9. The van der Waals surface area contributed by atoms with Crippen molar-refractivity contribution < 1.29 is 4.79 Å². The van der Waals surface area contributed by atoms with Crippen LogP contribution in [-0.2, 0) is 11.2 Å². The van der Waals surface area contributed by atoms with Crippen molar-refractivity contribution in [2.24, 2.45) is 0 Å². The van der Waals surface area contributed by atoms with Gasteiger partial charge in [0.2, 0.25) is 5.91 Å². The highest BCUT2D eigenvalue weighted by Gasteiger charge is 2.22. The molecule has 0 unspecified atom stereocenters. The molecular formula is C14H25N5O. The molecule has 1 aliphatic rings. The lowest BCUT2D eigenvalue weighted by Crippen LogP contribution is -2.46. The van der Waals surface area contributed by atoms with Gasteiger partial charge in [-0.2, -0.15) is 15.4 Å². The molecular weight excluding hydrogens is 254 g/mol. The van der Waals surface area contributed by atoms with Crippen molar-refractivity contribution in [2.45, 2.75) is 58.0 Å². The third kappa shape index (κ3) is 4.59. The zero-order chi connectivity index (χ0) is 14.4. The summed E-state index contributed by atoms with van der Waals surface area (Å²) in [5.74, 6) is 0.275. The summed E-state index contributed by atoms with van der Waals surface area (Å²) in [6.45, 7) is 6.10. The predicted octanol–water partition coefficient (Wildman–Crippen LogP) is 1.12. The highest BCUT2D eigenvalue weighted by Crippen LogP contribution is 2.13. The van der Waals surface area contributed by atoms with Crippen LogP contribution in [0.25, 0.3) is 0 Å². The number of aryl methyl sites for hydroxylation is 1. The fourth-order valence-corrected chi connectivity index (χ4v) is 2.69. The Hall–Kier alpha value is -1.43. The van der Waals surface area contributed by atoms with Crippen molar-refractivity contribution in [3.8, 4) is 0 Å². The average molecular weight is 279 g/mol. The average Bonchev–Trinajstić information content (AvgIpc) is 2.92. The minimum absolute atomic E-state index is 0.275. The smallest absolute Gasteiger partial charge is 0.222 e. The normalized spacial score (nSPS) is 16.9. The Bertz CT molecular complexity index is 396. The maximum absolute atomic E-state index is 12.1. The third-order valence-corrected chi connectivity index (χ3v) is 3.71. The number of nitrogens with one attached hydrogen (secondary N) is 2. The van der Waals surface area contributed by atoms with E-state index in [1.54, 1.807) is 6.20 Å². The second-order valence-electron chi connectivity index (χ2n) is 5.79. The van der Waals surface area contributed by atoms with Crippen molar-refractivity contribution in [3.05, 3.63) is 11.9 Å². The van der Waals surface area contributed by atoms with Gasteiger partial charge >= 0.3 is 0 Å². The van der Waals surface area contributed by atoms with Crippen LogP contribution < -0.4 is 5.32 Å². The molecule has 1 fully saturated rings. The first kappa shape index (κ1) is 15.0. The lowest BCUT2D eigenvalue weighted by atomic mass is 10.0. The Labute approximate surface area is 120 Å². The SMILES string of the molecule is CC(C)NC1CCN(C(=O)CCCc2cn[nH]n2)CC1. The first-order valence-corrected chi connectivity index (χ1v) is 7.53. The number of aromatic nitrogens is 3. The van der Waals surface area contributed by atoms with Gasteiger partial charge in [-0.25, -0.2) is 0 Å². The van der Waals surface area contributed by atoms with Crippen LogP contribution in [-0.4, -0.2) is 51.4 Å². The number of carbonyl (C=O) groups is 1. The molecule has 1 amide bonds. The Kier molecular flexibility index (Phi) is 5.52. The maximum atomic E-state index is 12.1. The van der Waals surface area contributed by atoms with E-state index in [1.807, 2.05) is 4.90 Å². The molecule has 112 valence electrons. The summed E-state index contributed by atoms with van der Waals surface area (Å²) in [7, 11) is 0. The van der Waals surface area contributed by atoms with Gasteiger partial charge in [-0.3, -0.25) is 4.79 Å². The predicted molar refractivity (Wildman–Crippen MR) is 77.2 cm³/mol. The van der Waals surface area contributed by atoms with Crippen LogP contribution in [0.3, 0.4) is 0 Å². The fraction of sp³-hybridized carbons (Fsp3) is 0.786. The lowest BCUT2D eigenvalue weighted by molar-refractivity contribution is -0.132. The van der Waals surface area contributed by atoms with E-state index in [0.29, 0.717) is 18.5 Å². The molecule has 1 aromatic heterocycles. The van der Waals surface area contributed by atoms with E-state index in [9.17, 15) is 4.79 Å². The van der Waals surface area contributed by atoms with Gasteiger partial charge in [0.15, 0.2) is 0 Å². The largest absolute Gasteiger partial charge is 0.343 e. The quantitative estimate of drug-likeness (QED) is 0.818. The van der Waals surface area contributed by atoms with Gasteiger partial charge in [0.05, 0.1) is 11.9 Å². The topological polar surface area (TPSA) is 73.9 Å². The molecule has 0 atom stereocenters. The molecule has 2 rings (SSSR count). The highest BCUT2D eigenvalue weighted by molar-refractivity contribution is 5.76. The Morgan fingerprint density at radius 2 is 2.25 bits per heavy atom. The Balaban J connectivity index is 1.64. The molecule has 2 N–H and O–H groups in total. The van der Waals surface area contributed by atoms with Crippen LogP contribution >= 0.6 is 0 Å². The summed E-state index contributed by atoms with van der Waals surface area (Å²) in [6.07, 6.45) is 6.10. The van der Waals surface area contributed by atoms with E-state index in [4.69, 9.17) is 0 Å². The van der Waals surface area contributed by atoms with Crippen molar-refractivity contribution in [3.63, 3.8) is 0 Å². The molecule has 0 radical (unpaired) electrons. The van der Waals surface area contributed by atoms with Crippen LogP contribution in [0.5, 0.6) is 0 Å². The first-order chi connectivity index (χ1) is 9.65. The monoisotopic (exact) mass is 279 g/mol. The molecule has 1 aliphatic heterocycles. The lowest BCUT2D eigenvalue weighted by Gasteiger charge is -2.33. The second kappa shape index (κ2) is 7.38. The van der Waals surface area contributed by atoms with Crippen molar-refractivity contribution in [1.29, 1.82) is 0 Å². The van der Waals surface area contributed by atoms with E-state index in [0.717, 1.165) is 44.5 Å². The summed E-state index contributed by atoms with van der Waals surface area (Å²) in [4.78, 5) is 14.1. The molecule has 1 saturated heterocycles. The van der Waals surface area contributed by atoms with Gasteiger partial charge in [0.1, 0.15) is 0 Å². The summed E-state index contributed by atoms with van der Waals surface area (Å²) in [5.41, 5.74) is 0.928. The second-order valence-corrected chi connectivity index (χ2v) is 5.79. The maximum Gasteiger partial charge on any atom is 0.222 e.